The third kappa shape index (κ3) is 7.11. The fourth-order valence-corrected chi connectivity index (χ4v) is 3.70. The molecule has 4 heteroatoms. The number of likely N-dealkylation sites (N-methyl/N-ethyl adjacent to an activating group) is 1. The first-order valence-electron chi connectivity index (χ1n) is 11.3. The number of benzene rings is 1. The summed E-state index contributed by atoms with van der Waals surface area (Å²) in [6.07, 6.45) is 11.6. The molecule has 0 radical (unpaired) electrons. The Hall–Kier alpha value is -1.94. The molecule has 0 heterocycles. The Balaban J connectivity index is 2.36. The second kappa shape index (κ2) is 12.6. The van der Waals surface area contributed by atoms with E-state index >= 15 is 0 Å². The van der Waals surface area contributed by atoms with Gasteiger partial charge in [-0.3, -0.25) is 0 Å². The molecule has 0 saturated carbocycles. The van der Waals surface area contributed by atoms with Gasteiger partial charge in [0.05, 0.1) is 7.11 Å². The molecule has 2 rings (SSSR count). The minimum Gasteiger partial charge on any atom is -0.496 e. The molecule has 0 amide bonds. The van der Waals surface area contributed by atoms with Crippen molar-refractivity contribution in [3.8, 4) is 5.75 Å². The van der Waals surface area contributed by atoms with Gasteiger partial charge in [-0.2, -0.15) is 0 Å². The Morgan fingerprint density at radius 1 is 1.03 bits per heavy atom. The standard InChI is InChI=1S/C25H41N3O/c1-6-8-17-28(18-9-7-2)21-14-15-25(29-5)23(20-21)22-12-10-11-13-24(22)26-16-19-27(3)4/h10,12,14-15,20,26H,6-9,11,13,16-19H2,1-5H3. The van der Waals surface area contributed by atoms with E-state index in [0.29, 0.717) is 0 Å². The molecule has 0 spiro atoms. The molecule has 0 bridgehead atoms. The molecule has 4 nitrogen and oxygen atoms in total. The van der Waals surface area contributed by atoms with E-state index in [1.807, 2.05) is 0 Å². The number of nitrogens with one attached hydrogen (secondary N) is 1. The Morgan fingerprint density at radius 3 is 2.38 bits per heavy atom. The summed E-state index contributed by atoms with van der Waals surface area (Å²) in [5, 5.41) is 3.69. The van der Waals surface area contributed by atoms with Crippen LogP contribution >= 0.6 is 0 Å². The van der Waals surface area contributed by atoms with Gasteiger partial charge in [0.15, 0.2) is 0 Å². The van der Waals surface area contributed by atoms with E-state index in [2.05, 4.69) is 73.4 Å². The van der Waals surface area contributed by atoms with Gasteiger partial charge in [0.1, 0.15) is 5.75 Å². The van der Waals surface area contributed by atoms with Crippen LogP contribution in [0.15, 0.2) is 36.0 Å². The lowest BCUT2D eigenvalue weighted by Crippen LogP contribution is -2.27. The maximum atomic E-state index is 5.76. The van der Waals surface area contributed by atoms with Gasteiger partial charge in [-0.1, -0.05) is 38.8 Å². The molecule has 0 unspecified atom stereocenters. The van der Waals surface area contributed by atoms with E-state index in [1.165, 1.54) is 48.2 Å². The highest BCUT2D eigenvalue weighted by Gasteiger charge is 2.17. The van der Waals surface area contributed by atoms with Crippen LogP contribution in [0.4, 0.5) is 5.69 Å². The lowest BCUT2D eigenvalue weighted by atomic mass is 9.95. The van der Waals surface area contributed by atoms with Crippen molar-refractivity contribution in [2.24, 2.45) is 0 Å². The zero-order valence-corrected chi connectivity index (χ0v) is 19.3. The minimum atomic E-state index is 0.952. The summed E-state index contributed by atoms with van der Waals surface area (Å²) in [6.45, 7) is 8.75. The monoisotopic (exact) mass is 399 g/mol. The molecule has 0 aliphatic heterocycles. The molecule has 1 aliphatic carbocycles. The van der Waals surface area contributed by atoms with Gasteiger partial charge < -0.3 is 19.9 Å². The number of anilines is 1. The van der Waals surface area contributed by atoms with Gasteiger partial charge in [0.25, 0.3) is 0 Å². The number of unbranched alkanes of at least 4 members (excludes halogenated alkanes) is 2. The summed E-state index contributed by atoms with van der Waals surface area (Å²) < 4.78 is 5.76. The highest BCUT2D eigenvalue weighted by molar-refractivity contribution is 5.82. The van der Waals surface area contributed by atoms with Crippen molar-refractivity contribution >= 4 is 11.3 Å². The molecule has 29 heavy (non-hydrogen) atoms. The van der Waals surface area contributed by atoms with Gasteiger partial charge in [-0.05, 0) is 58.0 Å². The summed E-state index contributed by atoms with van der Waals surface area (Å²) in [7, 11) is 6.01. The average Bonchev–Trinajstić information content (AvgIpc) is 2.73. The quantitative estimate of drug-likeness (QED) is 0.486. The van der Waals surface area contributed by atoms with Crippen LogP contribution in [0, 0.1) is 0 Å². The number of ether oxygens (including phenoxy) is 1. The maximum Gasteiger partial charge on any atom is 0.126 e. The van der Waals surface area contributed by atoms with Crippen LogP contribution in [0.5, 0.6) is 5.75 Å². The molecular formula is C25H41N3O. The highest BCUT2D eigenvalue weighted by atomic mass is 16.5. The topological polar surface area (TPSA) is 27.7 Å². The van der Waals surface area contributed by atoms with E-state index in [0.717, 1.165) is 44.8 Å². The second-order valence-corrected chi connectivity index (χ2v) is 8.14. The van der Waals surface area contributed by atoms with Crippen LogP contribution in [0.25, 0.3) is 5.57 Å². The van der Waals surface area contributed by atoms with Gasteiger partial charge in [0.2, 0.25) is 0 Å². The van der Waals surface area contributed by atoms with Gasteiger partial charge in [-0.25, -0.2) is 0 Å². The molecule has 1 aromatic rings. The SMILES string of the molecule is CCCCN(CCCC)c1ccc(OC)c(C2=C(NCCN(C)C)CCC=C2)c1. The van der Waals surface area contributed by atoms with Crippen molar-refractivity contribution in [2.75, 3.05) is 52.3 Å². The van der Waals surface area contributed by atoms with Gasteiger partial charge in [0, 0.05) is 48.7 Å². The van der Waals surface area contributed by atoms with Crippen LogP contribution in [0.3, 0.4) is 0 Å². The summed E-state index contributed by atoms with van der Waals surface area (Å²) in [5.41, 5.74) is 5.12. The number of allylic oxidation sites excluding steroid dienone is 4. The summed E-state index contributed by atoms with van der Waals surface area (Å²) in [4.78, 5) is 4.76. The van der Waals surface area contributed by atoms with Crippen molar-refractivity contribution in [2.45, 2.75) is 52.4 Å². The molecule has 0 aromatic heterocycles. The van der Waals surface area contributed by atoms with Crippen LogP contribution in [0.1, 0.15) is 57.9 Å². The van der Waals surface area contributed by atoms with E-state index in [4.69, 9.17) is 4.74 Å². The lowest BCUT2D eigenvalue weighted by Gasteiger charge is -2.27. The number of methoxy groups -OCH3 is 1. The van der Waals surface area contributed by atoms with Crippen molar-refractivity contribution in [1.29, 1.82) is 0 Å². The zero-order valence-electron chi connectivity index (χ0n) is 19.3. The Bertz CT molecular complexity index is 671. The zero-order chi connectivity index (χ0) is 21.1. The van der Waals surface area contributed by atoms with Gasteiger partial charge >= 0.3 is 0 Å². The normalized spacial score (nSPS) is 13.9. The Labute approximate surface area is 178 Å². The first-order chi connectivity index (χ1) is 14.1. The van der Waals surface area contributed by atoms with Crippen molar-refractivity contribution in [1.82, 2.24) is 10.2 Å². The maximum absolute atomic E-state index is 5.76. The van der Waals surface area contributed by atoms with Crippen LogP contribution in [0.2, 0.25) is 0 Å². The van der Waals surface area contributed by atoms with E-state index in [9.17, 15) is 0 Å². The molecule has 0 fully saturated rings. The molecule has 1 N–H and O–H groups in total. The number of nitrogens with zero attached hydrogens (tertiary/aromatic N) is 2. The van der Waals surface area contributed by atoms with Crippen molar-refractivity contribution in [3.63, 3.8) is 0 Å². The molecule has 1 aromatic carbocycles. The molecular weight excluding hydrogens is 358 g/mol. The molecule has 0 saturated heterocycles. The summed E-state index contributed by atoms with van der Waals surface area (Å²) in [6, 6.07) is 6.70. The van der Waals surface area contributed by atoms with E-state index < -0.39 is 0 Å². The fourth-order valence-electron chi connectivity index (χ4n) is 3.70. The smallest absolute Gasteiger partial charge is 0.126 e. The van der Waals surface area contributed by atoms with Crippen molar-refractivity contribution < 1.29 is 4.74 Å². The van der Waals surface area contributed by atoms with Gasteiger partial charge in [-0.15, -0.1) is 0 Å². The predicted molar refractivity (Wildman–Crippen MR) is 127 cm³/mol. The lowest BCUT2D eigenvalue weighted by molar-refractivity contribution is 0.406. The predicted octanol–water partition coefficient (Wildman–Crippen LogP) is 5.31. The first kappa shape index (κ1) is 23.3. The highest BCUT2D eigenvalue weighted by Crippen LogP contribution is 2.35. The number of hydrogen-bond acceptors (Lipinski definition) is 4. The average molecular weight is 400 g/mol. The number of hydrogen-bond donors (Lipinski definition) is 1. The third-order valence-corrected chi connectivity index (χ3v) is 5.47. The van der Waals surface area contributed by atoms with E-state index in [1.54, 1.807) is 7.11 Å². The largest absolute Gasteiger partial charge is 0.496 e. The molecule has 1 aliphatic rings. The van der Waals surface area contributed by atoms with E-state index in [-0.39, 0.29) is 0 Å². The van der Waals surface area contributed by atoms with Crippen molar-refractivity contribution in [3.05, 3.63) is 41.6 Å². The van der Waals surface area contributed by atoms with Crippen LogP contribution in [-0.4, -0.2) is 52.3 Å². The summed E-state index contributed by atoms with van der Waals surface area (Å²) in [5.74, 6) is 0.952. The van der Waals surface area contributed by atoms with Crippen LogP contribution < -0.4 is 15.0 Å². The minimum absolute atomic E-state index is 0.952. The number of rotatable bonds is 13. The van der Waals surface area contributed by atoms with Crippen LogP contribution in [-0.2, 0) is 0 Å². The fraction of sp³-hybridized carbons (Fsp3) is 0.600. The molecule has 0 atom stereocenters. The first-order valence-corrected chi connectivity index (χ1v) is 11.3. The Kier molecular flexibility index (Phi) is 10.1. The second-order valence-electron chi connectivity index (χ2n) is 8.14. The third-order valence-electron chi connectivity index (χ3n) is 5.47. The summed E-state index contributed by atoms with van der Waals surface area (Å²) >= 11 is 0. The Morgan fingerprint density at radius 2 is 1.76 bits per heavy atom. The molecule has 162 valence electrons.